The van der Waals surface area contributed by atoms with E-state index < -0.39 is 0 Å². The number of ether oxygens (including phenoxy) is 2. The first-order valence-electron chi connectivity index (χ1n) is 9.23. The van der Waals surface area contributed by atoms with Crippen molar-refractivity contribution in [3.05, 3.63) is 58.7 Å². The van der Waals surface area contributed by atoms with Crippen LogP contribution < -0.4 is 10.1 Å². The van der Waals surface area contributed by atoms with Gasteiger partial charge in [0.25, 0.3) is 5.91 Å². The maximum atomic E-state index is 12.8. The van der Waals surface area contributed by atoms with E-state index in [2.05, 4.69) is 12.2 Å². The molecule has 2 rings (SSSR count). The Kier molecular flexibility index (Phi) is 7.22. The van der Waals surface area contributed by atoms with E-state index in [0.29, 0.717) is 18.8 Å². The highest BCUT2D eigenvalue weighted by atomic mass is 16.5. The first-order chi connectivity index (χ1) is 12.5. The monoisotopic (exact) mass is 355 g/mol. The summed E-state index contributed by atoms with van der Waals surface area (Å²) in [6.07, 6.45) is 0.981. The third-order valence-electron chi connectivity index (χ3n) is 4.17. The van der Waals surface area contributed by atoms with E-state index in [1.54, 1.807) is 6.07 Å². The van der Waals surface area contributed by atoms with E-state index >= 15 is 0 Å². The first kappa shape index (κ1) is 20.0. The van der Waals surface area contributed by atoms with Crippen molar-refractivity contribution < 1.29 is 14.3 Å². The molecule has 0 aliphatic rings. The van der Waals surface area contributed by atoms with Gasteiger partial charge in [-0.15, -0.1) is 0 Å². The van der Waals surface area contributed by atoms with Gasteiger partial charge in [0.1, 0.15) is 5.75 Å². The summed E-state index contributed by atoms with van der Waals surface area (Å²) in [5.41, 5.74) is 4.57. The fourth-order valence-corrected chi connectivity index (χ4v) is 2.77. The maximum absolute atomic E-state index is 12.8. The molecule has 2 aromatic carbocycles. The van der Waals surface area contributed by atoms with Crippen LogP contribution in [-0.4, -0.2) is 18.6 Å². The molecule has 0 bridgehead atoms. The Morgan fingerprint density at radius 3 is 2.54 bits per heavy atom. The topological polar surface area (TPSA) is 47.6 Å². The number of aryl methyl sites for hydroxylation is 2. The lowest BCUT2D eigenvalue weighted by Crippen LogP contribution is -2.15. The number of amides is 1. The molecule has 0 saturated carbocycles. The van der Waals surface area contributed by atoms with Crippen LogP contribution in [0.3, 0.4) is 0 Å². The Balaban J connectivity index is 2.27. The standard InChI is InChI=1S/C22H29NO3/c1-6-17-10-8-9-16(5)21(17)23-22(24)18-11-12-20(25-7-2)19(13-18)14-26-15(3)4/h8-13,15H,6-7,14H2,1-5H3,(H,23,24). The lowest BCUT2D eigenvalue weighted by Gasteiger charge is -2.16. The third-order valence-corrected chi connectivity index (χ3v) is 4.17. The summed E-state index contributed by atoms with van der Waals surface area (Å²) < 4.78 is 11.4. The van der Waals surface area contributed by atoms with Crippen LogP contribution in [0.4, 0.5) is 5.69 Å². The fraction of sp³-hybridized carbons (Fsp3) is 0.409. The van der Waals surface area contributed by atoms with Gasteiger partial charge in [0.15, 0.2) is 0 Å². The Hall–Kier alpha value is -2.33. The molecule has 0 aromatic heterocycles. The molecule has 0 atom stereocenters. The first-order valence-corrected chi connectivity index (χ1v) is 9.23. The summed E-state index contributed by atoms with van der Waals surface area (Å²) in [5, 5.41) is 3.07. The Bertz CT molecular complexity index is 753. The SMILES string of the molecule is CCOc1ccc(C(=O)Nc2c(C)cccc2CC)cc1COC(C)C. The van der Waals surface area contributed by atoms with Crippen molar-refractivity contribution in [1.29, 1.82) is 0 Å². The molecule has 0 saturated heterocycles. The summed E-state index contributed by atoms with van der Waals surface area (Å²) in [6, 6.07) is 11.6. The van der Waals surface area contributed by atoms with Gasteiger partial charge in [-0.3, -0.25) is 4.79 Å². The predicted octanol–water partition coefficient (Wildman–Crippen LogP) is 5.13. The predicted molar refractivity (Wildman–Crippen MR) is 106 cm³/mol. The van der Waals surface area contributed by atoms with Crippen LogP contribution in [0.15, 0.2) is 36.4 Å². The second-order valence-electron chi connectivity index (χ2n) is 6.53. The van der Waals surface area contributed by atoms with E-state index in [9.17, 15) is 4.79 Å². The van der Waals surface area contributed by atoms with Crippen molar-refractivity contribution in [2.24, 2.45) is 0 Å². The van der Waals surface area contributed by atoms with Gasteiger partial charge in [-0.1, -0.05) is 25.1 Å². The van der Waals surface area contributed by atoms with Crippen LogP contribution >= 0.6 is 0 Å². The van der Waals surface area contributed by atoms with Crippen LogP contribution in [-0.2, 0) is 17.8 Å². The molecule has 1 amide bonds. The molecule has 4 nitrogen and oxygen atoms in total. The van der Waals surface area contributed by atoms with Gasteiger partial charge in [-0.25, -0.2) is 0 Å². The van der Waals surface area contributed by atoms with Crippen molar-refractivity contribution in [3.63, 3.8) is 0 Å². The van der Waals surface area contributed by atoms with Gasteiger partial charge in [0.2, 0.25) is 0 Å². The molecule has 0 heterocycles. The molecule has 0 aliphatic carbocycles. The van der Waals surface area contributed by atoms with E-state index in [1.165, 1.54) is 0 Å². The molecule has 2 aromatic rings. The lowest BCUT2D eigenvalue weighted by molar-refractivity contribution is 0.0641. The second-order valence-corrected chi connectivity index (χ2v) is 6.53. The van der Waals surface area contributed by atoms with Gasteiger partial charge < -0.3 is 14.8 Å². The van der Waals surface area contributed by atoms with E-state index in [-0.39, 0.29) is 12.0 Å². The van der Waals surface area contributed by atoms with Crippen LogP contribution in [0.2, 0.25) is 0 Å². The van der Waals surface area contributed by atoms with Crippen LogP contribution in [0.5, 0.6) is 5.75 Å². The Morgan fingerprint density at radius 1 is 1.12 bits per heavy atom. The van der Waals surface area contributed by atoms with E-state index in [0.717, 1.165) is 34.5 Å². The summed E-state index contributed by atoms with van der Waals surface area (Å²) in [6.45, 7) is 11.0. The zero-order chi connectivity index (χ0) is 19.1. The quantitative estimate of drug-likeness (QED) is 0.714. The molecular formula is C22H29NO3. The minimum absolute atomic E-state index is 0.112. The molecule has 0 aliphatic heterocycles. The number of para-hydroxylation sites is 1. The normalized spacial score (nSPS) is 10.8. The number of anilines is 1. The molecule has 1 N–H and O–H groups in total. The van der Waals surface area contributed by atoms with Crippen molar-refractivity contribution in [2.45, 2.75) is 53.8 Å². The minimum atomic E-state index is -0.122. The number of benzene rings is 2. The molecule has 0 spiro atoms. The van der Waals surface area contributed by atoms with Gasteiger partial charge >= 0.3 is 0 Å². The minimum Gasteiger partial charge on any atom is -0.494 e. The Labute approximate surface area is 156 Å². The zero-order valence-electron chi connectivity index (χ0n) is 16.4. The molecule has 0 fully saturated rings. The lowest BCUT2D eigenvalue weighted by atomic mass is 10.0. The summed E-state index contributed by atoms with van der Waals surface area (Å²) in [7, 11) is 0. The number of hydrogen-bond donors (Lipinski definition) is 1. The van der Waals surface area contributed by atoms with Crippen molar-refractivity contribution in [2.75, 3.05) is 11.9 Å². The highest BCUT2D eigenvalue weighted by Gasteiger charge is 2.14. The number of carbonyl (C=O) groups is 1. The average Bonchev–Trinajstić information content (AvgIpc) is 2.62. The number of carbonyl (C=O) groups excluding carboxylic acids is 1. The fourth-order valence-electron chi connectivity index (χ4n) is 2.77. The smallest absolute Gasteiger partial charge is 0.255 e. The number of nitrogens with one attached hydrogen (secondary N) is 1. The Morgan fingerprint density at radius 2 is 1.88 bits per heavy atom. The van der Waals surface area contributed by atoms with Crippen LogP contribution in [0.1, 0.15) is 54.7 Å². The average molecular weight is 355 g/mol. The molecule has 4 heteroatoms. The zero-order valence-corrected chi connectivity index (χ0v) is 16.4. The second kappa shape index (κ2) is 9.39. The van der Waals surface area contributed by atoms with E-state index in [4.69, 9.17) is 9.47 Å². The number of hydrogen-bond acceptors (Lipinski definition) is 3. The van der Waals surface area contributed by atoms with Crippen molar-refractivity contribution in [1.82, 2.24) is 0 Å². The highest BCUT2D eigenvalue weighted by Crippen LogP contribution is 2.25. The van der Waals surface area contributed by atoms with E-state index in [1.807, 2.05) is 58.0 Å². The van der Waals surface area contributed by atoms with Gasteiger partial charge in [-0.2, -0.15) is 0 Å². The van der Waals surface area contributed by atoms with Crippen molar-refractivity contribution >= 4 is 11.6 Å². The van der Waals surface area contributed by atoms with Gasteiger partial charge in [-0.05, 0) is 63.4 Å². The van der Waals surface area contributed by atoms with Gasteiger partial charge in [0, 0.05) is 16.8 Å². The molecule has 0 radical (unpaired) electrons. The largest absolute Gasteiger partial charge is 0.494 e. The van der Waals surface area contributed by atoms with Crippen LogP contribution in [0.25, 0.3) is 0 Å². The molecule has 140 valence electrons. The number of rotatable bonds is 8. The maximum Gasteiger partial charge on any atom is 0.255 e. The summed E-state index contributed by atoms with van der Waals surface area (Å²) in [4.78, 5) is 12.8. The third kappa shape index (κ3) is 5.09. The van der Waals surface area contributed by atoms with Crippen LogP contribution in [0, 0.1) is 6.92 Å². The van der Waals surface area contributed by atoms with Gasteiger partial charge in [0.05, 0.1) is 19.3 Å². The molecular weight excluding hydrogens is 326 g/mol. The van der Waals surface area contributed by atoms with Crippen molar-refractivity contribution in [3.8, 4) is 5.75 Å². The summed E-state index contributed by atoms with van der Waals surface area (Å²) in [5.74, 6) is 0.637. The summed E-state index contributed by atoms with van der Waals surface area (Å²) >= 11 is 0. The molecule has 0 unspecified atom stereocenters. The molecule has 26 heavy (non-hydrogen) atoms. The highest BCUT2D eigenvalue weighted by molar-refractivity contribution is 6.05.